The molecule has 0 fully saturated rings. The highest BCUT2D eigenvalue weighted by Gasteiger charge is 2.24. The fraction of sp³-hybridized carbons (Fsp3) is 0.736. The lowest BCUT2D eigenvalue weighted by atomic mass is 10.0. The standard InChI is InChI=1S/C53H93NO5/c1-4-7-10-13-16-19-21-23-25-27-29-31-33-36-39-42-45-51(56)50(48-55)54-52(57)47-49(44-41-38-35-18-15-12-9-6-3)59-53(58)46-43-40-37-34-32-30-28-26-24-22-20-17-14-11-8-5-2/h8,11-12,15,17,20,24,26,30,32,37,40,49-51,55-56H,4-7,9-10,13-14,16,18-19,21-23,25,27-29,31,33-36,38-39,41-48H2,1-3H3,(H,54,57)/b11-8+,15-12-,20-17+,26-24+,32-30+,40-37+. The first kappa shape index (κ1) is 56.3. The van der Waals surface area contributed by atoms with Gasteiger partial charge in [0.15, 0.2) is 0 Å². The average molecular weight is 824 g/mol. The van der Waals surface area contributed by atoms with Gasteiger partial charge in [0.05, 0.1) is 25.2 Å². The highest BCUT2D eigenvalue weighted by molar-refractivity contribution is 5.77. The minimum Gasteiger partial charge on any atom is -0.462 e. The fourth-order valence-corrected chi connectivity index (χ4v) is 7.07. The van der Waals surface area contributed by atoms with E-state index in [0.29, 0.717) is 19.3 Å². The van der Waals surface area contributed by atoms with Gasteiger partial charge in [0, 0.05) is 6.42 Å². The lowest BCUT2D eigenvalue weighted by Crippen LogP contribution is -2.46. The summed E-state index contributed by atoms with van der Waals surface area (Å²) in [5.41, 5.74) is 0. The van der Waals surface area contributed by atoms with Crippen LogP contribution in [0.2, 0.25) is 0 Å². The number of amides is 1. The molecule has 6 heteroatoms. The smallest absolute Gasteiger partial charge is 0.306 e. The number of nitrogens with one attached hydrogen (secondary N) is 1. The van der Waals surface area contributed by atoms with Crippen LogP contribution in [0.15, 0.2) is 72.9 Å². The Kier molecular flexibility index (Phi) is 44.2. The maximum atomic E-state index is 13.1. The first-order chi connectivity index (χ1) is 29.0. The average Bonchev–Trinajstić information content (AvgIpc) is 3.23. The van der Waals surface area contributed by atoms with Gasteiger partial charge >= 0.3 is 5.97 Å². The van der Waals surface area contributed by atoms with Gasteiger partial charge in [-0.2, -0.15) is 0 Å². The van der Waals surface area contributed by atoms with Crippen molar-refractivity contribution in [3.63, 3.8) is 0 Å². The van der Waals surface area contributed by atoms with Gasteiger partial charge in [-0.25, -0.2) is 0 Å². The molecule has 0 aliphatic carbocycles. The molecular formula is C53H93NO5. The van der Waals surface area contributed by atoms with Gasteiger partial charge in [-0.05, 0) is 77.0 Å². The number of carbonyl (C=O) groups excluding carboxylic acids is 2. The second-order valence-corrected chi connectivity index (χ2v) is 16.5. The summed E-state index contributed by atoms with van der Waals surface area (Å²) in [6, 6.07) is -0.722. The number of hydrogen-bond donors (Lipinski definition) is 3. The number of carbonyl (C=O) groups is 2. The summed E-state index contributed by atoms with van der Waals surface area (Å²) >= 11 is 0. The Balaban J connectivity index is 4.53. The molecule has 0 spiro atoms. The van der Waals surface area contributed by atoms with Gasteiger partial charge in [0.2, 0.25) is 5.91 Å². The largest absolute Gasteiger partial charge is 0.462 e. The van der Waals surface area contributed by atoms with Crippen LogP contribution in [0, 0.1) is 0 Å². The summed E-state index contributed by atoms with van der Waals surface area (Å²) in [5, 5.41) is 23.7. The predicted molar refractivity (Wildman–Crippen MR) is 255 cm³/mol. The Morgan fingerprint density at radius 1 is 0.508 bits per heavy atom. The molecule has 0 aliphatic heterocycles. The maximum absolute atomic E-state index is 13.1. The number of hydrogen-bond acceptors (Lipinski definition) is 5. The van der Waals surface area contributed by atoms with Crippen LogP contribution in [0.3, 0.4) is 0 Å². The molecule has 1 amide bonds. The topological polar surface area (TPSA) is 95.9 Å². The Morgan fingerprint density at radius 2 is 0.949 bits per heavy atom. The first-order valence-corrected chi connectivity index (χ1v) is 24.7. The SMILES string of the molecule is CC/C=C/C/C=C/C/C=C/C/C=C/C/C=C/CCC(=O)OC(CCCCC/C=C\CCC)CC(=O)NC(CO)C(O)CCCCCCCCCCCCCCCCCC. The predicted octanol–water partition coefficient (Wildman–Crippen LogP) is 14.6. The van der Waals surface area contributed by atoms with Crippen molar-refractivity contribution < 1.29 is 24.5 Å². The Labute approximate surface area is 364 Å². The zero-order chi connectivity index (χ0) is 43.1. The summed E-state index contributed by atoms with van der Waals surface area (Å²) in [6.07, 6.45) is 58.4. The van der Waals surface area contributed by atoms with Crippen LogP contribution in [-0.4, -0.2) is 46.9 Å². The van der Waals surface area contributed by atoms with Crippen molar-refractivity contribution in [2.24, 2.45) is 0 Å². The van der Waals surface area contributed by atoms with Crippen LogP contribution >= 0.6 is 0 Å². The molecule has 3 unspecified atom stereocenters. The Hall–Kier alpha value is -2.70. The molecule has 0 rings (SSSR count). The highest BCUT2D eigenvalue weighted by atomic mass is 16.5. The number of unbranched alkanes of at least 4 members (excludes halogenated alkanes) is 19. The van der Waals surface area contributed by atoms with Gasteiger partial charge in [0.25, 0.3) is 0 Å². The Bertz CT molecular complexity index is 1110. The number of aliphatic hydroxyl groups is 2. The quantitative estimate of drug-likeness (QED) is 0.0323. The van der Waals surface area contributed by atoms with Crippen LogP contribution in [0.25, 0.3) is 0 Å². The van der Waals surface area contributed by atoms with Gasteiger partial charge in [0.1, 0.15) is 6.10 Å². The second kappa shape index (κ2) is 46.4. The molecule has 340 valence electrons. The van der Waals surface area contributed by atoms with Crippen LogP contribution in [0.1, 0.15) is 226 Å². The van der Waals surface area contributed by atoms with Crippen LogP contribution in [-0.2, 0) is 14.3 Å². The van der Waals surface area contributed by atoms with E-state index in [1.54, 1.807) is 0 Å². The van der Waals surface area contributed by atoms with E-state index in [4.69, 9.17) is 4.74 Å². The first-order valence-electron chi connectivity index (χ1n) is 24.7. The lowest BCUT2D eigenvalue weighted by molar-refractivity contribution is -0.150. The molecule has 3 atom stereocenters. The van der Waals surface area contributed by atoms with Gasteiger partial charge in [-0.15, -0.1) is 0 Å². The molecule has 0 saturated heterocycles. The molecule has 0 aromatic rings. The molecule has 0 heterocycles. The van der Waals surface area contributed by atoms with E-state index < -0.39 is 18.2 Å². The van der Waals surface area contributed by atoms with Crippen molar-refractivity contribution in [2.45, 2.75) is 244 Å². The number of aliphatic hydroxyl groups excluding tert-OH is 2. The van der Waals surface area contributed by atoms with Gasteiger partial charge in [-0.3, -0.25) is 9.59 Å². The van der Waals surface area contributed by atoms with Crippen molar-refractivity contribution in [1.29, 1.82) is 0 Å². The van der Waals surface area contributed by atoms with Gasteiger partial charge < -0.3 is 20.3 Å². The van der Waals surface area contributed by atoms with Crippen molar-refractivity contribution in [2.75, 3.05) is 6.61 Å². The van der Waals surface area contributed by atoms with E-state index in [2.05, 4.69) is 92.9 Å². The van der Waals surface area contributed by atoms with Crippen molar-refractivity contribution >= 4 is 11.9 Å². The lowest BCUT2D eigenvalue weighted by Gasteiger charge is -2.24. The van der Waals surface area contributed by atoms with E-state index >= 15 is 0 Å². The molecule has 6 nitrogen and oxygen atoms in total. The molecule has 59 heavy (non-hydrogen) atoms. The molecule has 0 radical (unpaired) electrons. The minimum atomic E-state index is -0.805. The van der Waals surface area contributed by atoms with Crippen molar-refractivity contribution in [3.05, 3.63) is 72.9 Å². The summed E-state index contributed by atoms with van der Waals surface area (Å²) < 4.78 is 5.84. The van der Waals surface area contributed by atoms with E-state index in [-0.39, 0.29) is 31.3 Å². The maximum Gasteiger partial charge on any atom is 0.306 e. The van der Waals surface area contributed by atoms with Gasteiger partial charge in [-0.1, -0.05) is 209 Å². The number of allylic oxidation sites excluding steroid dienone is 12. The van der Waals surface area contributed by atoms with Crippen molar-refractivity contribution in [3.8, 4) is 0 Å². The third-order valence-electron chi connectivity index (χ3n) is 10.8. The molecule has 0 aromatic carbocycles. The van der Waals surface area contributed by atoms with E-state index in [1.165, 1.54) is 83.5 Å². The van der Waals surface area contributed by atoms with Crippen LogP contribution < -0.4 is 5.32 Å². The summed E-state index contributed by atoms with van der Waals surface area (Å²) in [7, 11) is 0. The zero-order valence-corrected chi connectivity index (χ0v) is 38.6. The molecular weight excluding hydrogens is 731 g/mol. The Morgan fingerprint density at radius 3 is 1.46 bits per heavy atom. The molecule has 0 saturated carbocycles. The summed E-state index contributed by atoms with van der Waals surface area (Å²) in [5.74, 6) is -0.596. The highest BCUT2D eigenvalue weighted by Crippen LogP contribution is 2.17. The van der Waals surface area contributed by atoms with Crippen LogP contribution in [0.5, 0.6) is 0 Å². The minimum absolute atomic E-state index is 0.0338. The van der Waals surface area contributed by atoms with Crippen LogP contribution in [0.4, 0.5) is 0 Å². The molecule has 0 aliphatic rings. The van der Waals surface area contributed by atoms with Crippen molar-refractivity contribution in [1.82, 2.24) is 5.32 Å². The third-order valence-corrected chi connectivity index (χ3v) is 10.8. The number of rotatable bonds is 43. The summed E-state index contributed by atoms with van der Waals surface area (Å²) in [6.45, 7) is 6.27. The second-order valence-electron chi connectivity index (χ2n) is 16.5. The van der Waals surface area contributed by atoms with E-state index in [9.17, 15) is 19.8 Å². The normalized spacial score (nSPS) is 13.9. The monoisotopic (exact) mass is 824 g/mol. The molecule has 0 aromatic heterocycles. The molecule has 3 N–H and O–H groups in total. The fourth-order valence-electron chi connectivity index (χ4n) is 7.07. The van der Waals surface area contributed by atoms with E-state index in [0.717, 1.165) is 89.9 Å². The third kappa shape index (κ3) is 41.8. The molecule has 0 bridgehead atoms. The summed E-state index contributed by atoms with van der Waals surface area (Å²) in [4.78, 5) is 26.0. The number of ether oxygens (including phenoxy) is 1. The number of esters is 1. The van der Waals surface area contributed by atoms with E-state index in [1.807, 2.05) is 6.08 Å². The zero-order valence-electron chi connectivity index (χ0n) is 38.6.